The first-order chi connectivity index (χ1) is 8.43. The van der Waals surface area contributed by atoms with Gasteiger partial charge in [0.2, 0.25) is 0 Å². The molecular weight excluding hydrogens is 204 g/mol. The summed E-state index contributed by atoms with van der Waals surface area (Å²) in [6.45, 7) is 2.28. The first kappa shape index (κ1) is 14.3. The van der Waals surface area contributed by atoms with Gasteiger partial charge in [0.15, 0.2) is 0 Å². The van der Waals surface area contributed by atoms with Crippen LogP contribution in [0.2, 0.25) is 0 Å². The van der Waals surface area contributed by atoms with E-state index in [2.05, 4.69) is 25.1 Å². The van der Waals surface area contributed by atoms with Crippen molar-refractivity contribution in [1.82, 2.24) is 0 Å². The summed E-state index contributed by atoms with van der Waals surface area (Å²) in [6, 6.07) is 11.5. The lowest BCUT2D eigenvalue weighted by molar-refractivity contribution is 0.565. The molecule has 0 saturated carbocycles. The fourth-order valence-electron chi connectivity index (χ4n) is 2.23. The van der Waals surface area contributed by atoms with Crippen molar-refractivity contribution < 1.29 is 0 Å². The number of benzene rings is 1. The van der Waals surface area contributed by atoms with Crippen LogP contribution in [0.15, 0.2) is 24.3 Å². The molecule has 0 aliphatic carbocycles. The van der Waals surface area contributed by atoms with Gasteiger partial charge >= 0.3 is 0 Å². The molecule has 95 valence electrons. The lowest BCUT2D eigenvalue weighted by Gasteiger charge is -2.02. The van der Waals surface area contributed by atoms with Gasteiger partial charge in [-0.2, -0.15) is 0 Å². The van der Waals surface area contributed by atoms with E-state index < -0.39 is 0 Å². The molecule has 0 bridgehead atoms. The zero-order valence-corrected chi connectivity index (χ0v) is 11.4. The van der Waals surface area contributed by atoms with E-state index in [4.69, 9.17) is 0 Å². The highest BCUT2D eigenvalue weighted by Gasteiger charge is 1.93. The third-order valence-electron chi connectivity index (χ3n) is 3.36. The van der Waals surface area contributed by atoms with Gasteiger partial charge in [-0.1, -0.05) is 82.6 Å². The van der Waals surface area contributed by atoms with Crippen molar-refractivity contribution in [3.05, 3.63) is 35.9 Å². The molecule has 1 radical (unpaired) electrons. The van der Waals surface area contributed by atoms with Gasteiger partial charge in [0.1, 0.15) is 0 Å². The van der Waals surface area contributed by atoms with Gasteiger partial charge in [-0.3, -0.25) is 0 Å². The van der Waals surface area contributed by atoms with Gasteiger partial charge in [0.05, 0.1) is 0 Å². The van der Waals surface area contributed by atoms with Gasteiger partial charge in [0, 0.05) is 0 Å². The second-order valence-corrected chi connectivity index (χ2v) is 4.99. The number of aryl methyl sites for hydroxylation is 1. The standard InChI is InChI=1S/C17H27/c1-2-3-4-5-6-7-8-9-11-14-17-15-12-10-13-16-17/h12-13,15-16H,2-9,11,14H2,1H3. The van der Waals surface area contributed by atoms with Crippen molar-refractivity contribution in [3.8, 4) is 0 Å². The minimum absolute atomic E-state index is 1.24. The zero-order chi connectivity index (χ0) is 12.2. The summed E-state index contributed by atoms with van der Waals surface area (Å²) in [5, 5.41) is 0. The molecule has 0 aliphatic rings. The van der Waals surface area contributed by atoms with Crippen LogP contribution in [0.25, 0.3) is 0 Å². The maximum atomic E-state index is 3.07. The van der Waals surface area contributed by atoms with E-state index in [0.29, 0.717) is 0 Å². The second kappa shape index (κ2) is 10.4. The largest absolute Gasteiger partial charge is 0.0654 e. The van der Waals surface area contributed by atoms with Gasteiger partial charge in [0.25, 0.3) is 0 Å². The summed E-state index contributed by atoms with van der Waals surface area (Å²) in [4.78, 5) is 0. The number of hydrogen-bond donors (Lipinski definition) is 0. The smallest absolute Gasteiger partial charge is 0.0184 e. The highest BCUT2D eigenvalue weighted by molar-refractivity contribution is 5.13. The van der Waals surface area contributed by atoms with Crippen LogP contribution in [-0.4, -0.2) is 0 Å². The molecule has 0 aromatic heterocycles. The summed E-state index contributed by atoms with van der Waals surface area (Å²) < 4.78 is 0. The summed E-state index contributed by atoms with van der Waals surface area (Å²) in [6.07, 6.45) is 14.0. The summed E-state index contributed by atoms with van der Waals surface area (Å²) >= 11 is 0. The summed E-state index contributed by atoms with van der Waals surface area (Å²) in [5.41, 5.74) is 1.46. The molecule has 0 unspecified atom stereocenters. The normalized spacial score (nSPS) is 10.6. The molecule has 0 atom stereocenters. The second-order valence-electron chi connectivity index (χ2n) is 4.99. The van der Waals surface area contributed by atoms with Crippen LogP contribution >= 0.6 is 0 Å². The fraction of sp³-hybridized carbons (Fsp3) is 0.647. The van der Waals surface area contributed by atoms with E-state index in [9.17, 15) is 0 Å². The molecule has 0 spiro atoms. The summed E-state index contributed by atoms with van der Waals surface area (Å²) in [5.74, 6) is 0. The third-order valence-corrected chi connectivity index (χ3v) is 3.36. The Morgan fingerprint density at radius 2 is 1.29 bits per heavy atom. The molecule has 0 N–H and O–H groups in total. The molecule has 0 amide bonds. The molecule has 0 saturated heterocycles. The molecule has 1 aromatic rings. The van der Waals surface area contributed by atoms with Crippen LogP contribution in [0.1, 0.15) is 70.3 Å². The van der Waals surface area contributed by atoms with Crippen LogP contribution in [0.3, 0.4) is 0 Å². The highest BCUT2D eigenvalue weighted by Crippen LogP contribution is 2.11. The minimum Gasteiger partial charge on any atom is -0.0654 e. The van der Waals surface area contributed by atoms with E-state index in [0.717, 1.165) is 0 Å². The van der Waals surface area contributed by atoms with Crippen LogP contribution in [0, 0.1) is 6.07 Å². The van der Waals surface area contributed by atoms with Crippen LogP contribution < -0.4 is 0 Å². The molecule has 0 heterocycles. The number of unbranched alkanes of at least 4 members (excludes halogenated alkanes) is 8. The average molecular weight is 231 g/mol. The molecule has 0 fully saturated rings. The molecule has 0 aliphatic heterocycles. The van der Waals surface area contributed by atoms with Crippen molar-refractivity contribution >= 4 is 0 Å². The van der Waals surface area contributed by atoms with Crippen molar-refractivity contribution in [1.29, 1.82) is 0 Å². The van der Waals surface area contributed by atoms with Gasteiger partial charge < -0.3 is 0 Å². The van der Waals surface area contributed by atoms with E-state index in [1.54, 1.807) is 0 Å². The Hall–Kier alpha value is -0.780. The fourth-order valence-corrected chi connectivity index (χ4v) is 2.23. The number of rotatable bonds is 10. The minimum atomic E-state index is 1.24. The van der Waals surface area contributed by atoms with Crippen molar-refractivity contribution in [2.45, 2.75) is 71.1 Å². The Morgan fingerprint density at radius 3 is 1.88 bits per heavy atom. The van der Waals surface area contributed by atoms with E-state index >= 15 is 0 Å². The van der Waals surface area contributed by atoms with E-state index in [1.807, 2.05) is 12.1 Å². The highest BCUT2D eigenvalue weighted by atomic mass is 14.0. The Morgan fingerprint density at radius 1 is 0.765 bits per heavy atom. The number of hydrogen-bond acceptors (Lipinski definition) is 0. The zero-order valence-electron chi connectivity index (χ0n) is 11.4. The molecule has 1 rings (SSSR count). The van der Waals surface area contributed by atoms with E-state index in [1.165, 1.54) is 69.8 Å². The van der Waals surface area contributed by atoms with E-state index in [-0.39, 0.29) is 0 Å². The monoisotopic (exact) mass is 231 g/mol. The Bertz CT molecular complexity index is 250. The first-order valence-electron chi connectivity index (χ1n) is 7.38. The van der Waals surface area contributed by atoms with Crippen LogP contribution in [0.4, 0.5) is 0 Å². The lowest BCUT2D eigenvalue weighted by Crippen LogP contribution is -1.86. The topological polar surface area (TPSA) is 0 Å². The van der Waals surface area contributed by atoms with Crippen molar-refractivity contribution in [2.75, 3.05) is 0 Å². The Balaban J connectivity index is 1.85. The average Bonchev–Trinajstić information content (AvgIpc) is 2.38. The van der Waals surface area contributed by atoms with Gasteiger partial charge in [-0.15, -0.1) is 0 Å². The quantitative estimate of drug-likeness (QED) is 0.462. The van der Waals surface area contributed by atoms with Crippen molar-refractivity contribution in [3.63, 3.8) is 0 Å². The lowest BCUT2D eigenvalue weighted by atomic mass is 10.0. The Labute approximate surface area is 107 Å². The van der Waals surface area contributed by atoms with Crippen LogP contribution in [0.5, 0.6) is 0 Å². The molecular formula is C17H27. The maximum Gasteiger partial charge on any atom is -0.0184 e. The van der Waals surface area contributed by atoms with Gasteiger partial charge in [-0.05, 0) is 24.5 Å². The molecule has 0 heteroatoms. The maximum absolute atomic E-state index is 3.07. The van der Waals surface area contributed by atoms with Gasteiger partial charge in [-0.25, -0.2) is 0 Å². The predicted octanol–water partition coefficient (Wildman–Crippen LogP) is 5.56. The van der Waals surface area contributed by atoms with Crippen molar-refractivity contribution in [2.24, 2.45) is 0 Å². The first-order valence-corrected chi connectivity index (χ1v) is 7.38. The molecule has 1 aromatic carbocycles. The Kier molecular flexibility index (Phi) is 8.72. The third kappa shape index (κ3) is 8.01. The SMILES string of the molecule is CCCCCCCCCCCc1cc[c]cc1. The van der Waals surface area contributed by atoms with Crippen LogP contribution in [-0.2, 0) is 6.42 Å². The molecule has 17 heavy (non-hydrogen) atoms. The molecule has 0 nitrogen and oxygen atoms in total. The summed E-state index contributed by atoms with van der Waals surface area (Å²) in [7, 11) is 0. The predicted molar refractivity (Wildman–Crippen MR) is 76.2 cm³/mol.